The summed E-state index contributed by atoms with van der Waals surface area (Å²) in [5.74, 6) is 0.687. The van der Waals surface area contributed by atoms with Crippen LogP contribution in [0.2, 0.25) is 0 Å². The van der Waals surface area contributed by atoms with E-state index in [2.05, 4.69) is 5.32 Å². The van der Waals surface area contributed by atoms with Gasteiger partial charge in [0.1, 0.15) is 5.75 Å². The summed E-state index contributed by atoms with van der Waals surface area (Å²) in [7, 11) is 0. The number of hydrogen-bond acceptors (Lipinski definition) is 3. The van der Waals surface area contributed by atoms with Crippen LogP contribution in [0.1, 0.15) is 36.8 Å². The third-order valence-corrected chi connectivity index (χ3v) is 4.06. The Hall–Kier alpha value is -1.55. The maximum absolute atomic E-state index is 12.0. The smallest absolute Gasteiger partial charge is 0.258 e. The normalized spacial score (nSPS) is 16.9. The van der Waals surface area contributed by atoms with Crippen LogP contribution >= 0.6 is 0 Å². The van der Waals surface area contributed by atoms with Crippen molar-refractivity contribution >= 4 is 5.91 Å². The molecule has 0 spiro atoms. The molecule has 0 heterocycles. The van der Waals surface area contributed by atoms with Crippen molar-refractivity contribution in [3.05, 3.63) is 29.3 Å². The van der Waals surface area contributed by atoms with Gasteiger partial charge in [-0.25, -0.2) is 0 Å². The van der Waals surface area contributed by atoms with E-state index >= 15 is 0 Å². The lowest BCUT2D eigenvalue weighted by Crippen LogP contribution is -2.52. The molecule has 4 nitrogen and oxygen atoms in total. The molecule has 1 aromatic rings. The van der Waals surface area contributed by atoms with E-state index in [1.807, 2.05) is 32.0 Å². The van der Waals surface area contributed by atoms with Gasteiger partial charge < -0.3 is 15.8 Å². The van der Waals surface area contributed by atoms with Gasteiger partial charge in [-0.05, 0) is 43.9 Å². The molecule has 0 saturated heterocycles. The number of rotatable bonds is 5. The Balaban J connectivity index is 1.90. The number of benzene rings is 1. The van der Waals surface area contributed by atoms with Crippen molar-refractivity contribution in [2.24, 2.45) is 5.73 Å². The summed E-state index contributed by atoms with van der Waals surface area (Å²) in [4.78, 5) is 12.0. The molecule has 0 atom stereocenters. The number of amides is 1. The van der Waals surface area contributed by atoms with Crippen molar-refractivity contribution in [2.75, 3.05) is 13.2 Å². The van der Waals surface area contributed by atoms with Crippen LogP contribution in [0.25, 0.3) is 0 Å². The first-order chi connectivity index (χ1) is 9.54. The molecule has 0 aliphatic heterocycles. The third kappa shape index (κ3) is 3.51. The number of hydrogen-bond donors (Lipinski definition) is 2. The molecule has 2 rings (SSSR count). The Morgan fingerprint density at radius 3 is 2.70 bits per heavy atom. The zero-order valence-corrected chi connectivity index (χ0v) is 12.4. The lowest BCUT2D eigenvalue weighted by Gasteiger charge is -2.28. The van der Waals surface area contributed by atoms with Crippen LogP contribution < -0.4 is 15.8 Å². The van der Waals surface area contributed by atoms with Gasteiger partial charge in [-0.1, -0.05) is 25.0 Å². The Labute approximate surface area is 120 Å². The van der Waals surface area contributed by atoms with Gasteiger partial charge >= 0.3 is 0 Å². The summed E-state index contributed by atoms with van der Waals surface area (Å²) < 4.78 is 5.63. The Morgan fingerprint density at radius 2 is 2.05 bits per heavy atom. The van der Waals surface area contributed by atoms with Gasteiger partial charge in [-0.3, -0.25) is 4.79 Å². The minimum Gasteiger partial charge on any atom is -0.483 e. The van der Waals surface area contributed by atoms with Gasteiger partial charge in [-0.2, -0.15) is 0 Å². The Kier molecular flexibility index (Phi) is 4.65. The van der Waals surface area contributed by atoms with Gasteiger partial charge in [0.25, 0.3) is 5.91 Å². The highest BCUT2D eigenvalue weighted by Gasteiger charge is 2.33. The van der Waals surface area contributed by atoms with E-state index < -0.39 is 0 Å². The maximum atomic E-state index is 12.0. The molecule has 3 N–H and O–H groups in total. The first-order valence-corrected chi connectivity index (χ1v) is 7.26. The highest BCUT2D eigenvalue weighted by Crippen LogP contribution is 2.28. The zero-order valence-electron chi connectivity index (χ0n) is 12.4. The standard InChI is InChI=1S/C16H24N2O2/c1-12-5-6-13(2)14(9-12)20-10-15(19)18-16(11-17)7-3-4-8-16/h5-6,9H,3-4,7-8,10-11,17H2,1-2H3,(H,18,19). The lowest BCUT2D eigenvalue weighted by molar-refractivity contribution is -0.124. The first-order valence-electron chi connectivity index (χ1n) is 7.26. The van der Waals surface area contributed by atoms with E-state index in [9.17, 15) is 4.79 Å². The Morgan fingerprint density at radius 1 is 1.35 bits per heavy atom. The largest absolute Gasteiger partial charge is 0.483 e. The highest BCUT2D eigenvalue weighted by molar-refractivity contribution is 5.78. The quantitative estimate of drug-likeness (QED) is 0.865. The molecule has 0 aromatic heterocycles. The predicted molar refractivity (Wildman–Crippen MR) is 79.8 cm³/mol. The molecular formula is C16H24N2O2. The van der Waals surface area contributed by atoms with Crippen molar-refractivity contribution in [3.8, 4) is 5.75 Å². The van der Waals surface area contributed by atoms with Crippen LogP contribution in [0.5, 0.6) is 5.75 Å². The summed E-state index contributed by atoms with van der Waals surface area (Å²) in [5, 5.41) is 3.06. The second-order valence-corrected chi connectivity index (χ2v) is 5.80. The van der Waals surface area contributed by atoms with Crippen molar-refractivity contribution in [1.82, 2.24) is 5.32 Å². The average Bonchev–Trinajstić information content (AvgIpc) is 2.89. The molecule has 0 radical (unpaired) electrons. The predicted octanol–water partition coefficient (Wildman–Crippen LogP) is 2.07. The molecular weight excluding hydrogens is 252 g/mol. The van der Waals surface area contributed by atoms with E-state index in [0.29, 0.717) is 6.54 Å². The molecule has 1 aliphatic carbocycles. The second kappa shape index (κ2) is 6.27. The number of nitrogens with one attached hydrogen (secondary N) is 1. The number of aryl methyl sites for hydroxylation is 2. The third-order valence-electron chi connectivity index (χ3n) is 4.06. The maximum Gasteiger partial charge on any atom is 0.258 e. The van der Waals surface area contributed by atoms with Crippen LogP contribution in [0.3, 0.4) is 0 Å². The van der Waals surface area contributed by atoms with E-state index in [1.165, 1.54) is 0 Å². The molecule has 1 saturated carbocycles. The van der Waals surface area contributed by atoms with Gasteiger partial charge in [0.05, 0.1) is 5.54 Å². The van der Waals surface area contributed by atoms with Crippen LogP contribution in [0.15, 0.2) is 18.2 Å². The monoisotopic (exact) mass is 276 g/mol. The number of nitrogens with two attached hydrogens (primary N) is 1. The van der Waals surface area contributed by atoms with Gasteiger partial charge in [0.2, 0.25) is 0 Å². The molecule has 1 aromatic carbocycles. The lowest BCUT2D eigenvalue weighted by atomic mass is 9.98. The van der Waals surface area contributed by atoms with Gasteiger partial charge in [-0.15, -0.1) is 0 Å². The van der Waals surface area contributed by atoms with Crippen molar-refractivity contribution < 1.29 is 9.53 Å². The van der Waals surface area contributed by atoms with Crippen molar-refractivity contribution in [2.45, 2.75) is 45.1 Å². The van der Waals surface area contributed by atoms with Gasteiger partial charge in [0, 0.05) is 6.54 Å². The summed E-state index contributed by atoms with van der Waals surface area (Å²) in [6.07, 6.45) is 4.21. The molecule has 0 unspecified atom stereocenters. The van der Waals surface area contributed by atoms with Crippen LogP contribution in [0.4, 0.5) is 0 Å². The molecule has 0 bridgehead atoms. The Bertz CT molecular complexity index is 479. The molecule has 4 heteroatoms. The van der Waals surface area contributed by atoms with Crippen molar-refractivity contribution in [1.29, 1.82) is 0 Å². The van der Waals surface area contributed by atoms with Crippen LogP contribution in [-0.4, -0.2) is 24.6 Å². The van der Waals surface area contributed by atoms with Gasteiger partial charge in [0.15, 0.2) is 6.61 Å². The number of carbonyl (C=O) groups is 1. The number of ether oxygens (including phenoxy) is 1. The van der Waals surface area contributed by atoms with E-state index in [-0.39, 0.29) is 18.1 Å². The fraction of sp³-hybridized carbons (Fsp3) is 0.562. The minimum atomic E-state index is -0.206. The van der Waals surface area contributed by atoms with Crippen LogP contribution in [0, 0.1) is 13.8 Å². The molecule has 1 amide bonds. The molecule has 1 aliphatic rings. The van der Waals surface area contributed by atoms with Crippen LogP contribution in [-0.2, 0) is 4.79 Å². The summed E-state index contributed by atoms with van der Waals surface area (Å²) in [6, 6.07) is 5.99. The second-order valence-electron chi connectivity index (χ2n) is 5.80. The van der Waals surface area contributed by atoms with E-state index in [4.69, 9.17) is 10.5 Å². The molecule has 1 fully saturated rings. The summed E-state index contributed by atoms with van der Waals surface area (Å²) >= 11 is 0. The minimum absolute atomic E-state index is 0.0477. The fourth-order valence-corrected chi connectivity index (χ4v) is 2.77. The fourth-order valence-electron chi connectivity index (χ4n) is 2.77. The molecule has 110 valence electrons. The van der Waals surface area contributed by atoms with E-state index in [0.717, 1.165) is 42.6 Å². The average molecular weight is 276 g/mol. The molecule has 20 heavy (non-hydrogen) atoms. The SMILES string of the molecule is Cc1ccc(C)c(OCC(=O)NC2(CN)CCCC2)c1. The first kappa shape index (κ1) is 14.9. The highest BCUT2D eigenvalue weighted by atomic mass is 16.5. The summed E-state index contributed by atoms with van der Waals surface area (Å²) in [6.45, 7) is 4.54. The number of carbonyl (C=O) groups excluding carboxylic acids is 1. The zero-order chi connectivity index (χ0) is 14.6. The van der Waals surface area contributed by atoms with Crippen molar-refractivity contribution in [3.63, 3.8) is 0 Å². The van der Waals surface area contributed by atoms with E-state index in [1.54, 1.807) is 0 Å². The summed E-state index contributed by atoms with van der Waals surface area (Å²) in [5.41, 5.74) is 7.77. The topological polar surface area (TPSA) is 64.3 Å².